The second kappa shape index (κ2) is 6.62. The fourth-order valence-electron chi connectivity index (χ4n) is 1.76. The van der Waals surface area contributed by atoms with E-state index in [4.69, 9.17) is 5.11 Å². The normalized spacial score (nSPS) is 17.3. The topological polar surface area (TPSA) is 49.3 Å². The molecule has 0 saturated heterocycles. The first-order chi connectivity index (χ1) is 7.18. The van der Waals surface area contributed by atoms with E-state index in [2.05, 4.69) is 11.4 Å². The molecule has 86 valence electrons. The van der Waals surface area contributed by atoms with Crippen molar-refractivity contribution in [3.05, 3.63) is 11.6 Å². The minimum Gasteiger partial charge on any atom is -0.393 e. The number of aliphatic hydroxyl groups excluding tert-OH is 1. The number of allylic oxidation sites excluding steroid dienone is 1. The molecule has 0 aromatic heterocycles. The van der Waals surface area contributed by atoms with Gasteiger partial charge < -0.3 is 10.4 Å². The number of hydrogen-bond donors (Lipinski definition) is 2. The lowest BCUT2D eigenvalue weighted by Crippen LogP contribution is -2.25. The highest BCUT2D eigenvalue weighted by Gasteiger charge is 2.06. The Hall–Kier alpha value is -0.830. The summed E-state index contributed by atoms with van der Waals surface area (Å²) in [5.41, 5.74) is 1.48. The Balaban J connectivity index is 2.01. The molecule has 1 aliphatic rings. The molecule has 0 heterocycles. The lowest BCUT2D eigenvalue weighted by atomic mass is 10.1. The molecule has 3 heteroatoms. The monoisotopic (exact) mass is 211 g/mol. The maximum atomic E-state index is 11.3. The van der Waals surface area contributed by atoms with Gasteiger partial charge in [-0.15, -0.1) is 0 Å². The SMILES string of the molecule is CC(O)CCC(=O)NCCC1=CCCC1. The van der Waals surface area contributed by atoms with Crippen LogP contribution < -0.4 is 5.32 Å². The Kier molecular flexibility index (Phi) is 5.40. The van der Waals surface area contributed by atoms with E-state index in [9.17, 15) is 4.79 Å². The minimum absolute atomic E-state index is 0.0505. The molecule has 1 rings (SSSR count). The Morgan fingerprint density at radius 1 is 1.67 bits per heavy atom. The molecule has 15 heavy (non-hydrogen) atoms. The molecular formula is C12H21NO2. The first kappa shape index (κ1) is 12.2. The molecule has 2 N–H and O–H groups in total. The Morgan fingerprint density at radius 2 is 2.47 bits per heavy atom. The van der Waals surface area contributed by atoms with E-state index < -0.39 is 0 Å². The second-order valence-electron chi connectivity index (χ2n) is 4.24. The van der Waals surface area contributed by atoms with Crippen molar-refractivity contribution in [2.75, 3.05) is 6.54 Å². The van der Waals surface area contributed by atoms with Gasteiger partial charge in [0.2, 0.25) is 5.91 Å². The van der Waals surface area contributed by atoms with Crippen LogP contribution in [0.3, 0.4) is 0 Å². The summed E-state index contributed by atoms with van der Waals surface area (Å²) in [5.74, 6) is 0.0505. The standard InChI is InChI=1S/C12H21NO2/c1-10(14)6-7-12(15)13-9-8-11-4-2-3-5-11/h4,10,14H,2-3,5-9H2,1H3,(H,13,15). The molecular weight excluding hydrogens is 190 g/mol. The molecule has 0 bridgehead atoms. The maximum Gasteiger partial charge on any atom is 0.220 e. The Labute approximate surface area is 91.6 Å². The molecule has 1 aliphatic carbocycles. The van der Waals surface area contributed by atoms with Gasteiger partial charge in [-0.1, -0.05) is 11.6 Å². The minimum atomic E-state index is -0.381. The number of carbonyl (C=O) groups excluding carboxylic acids is 1. The van der Waals surface area contributed by atoms with E-state index >= 15 is 0 Å². The quantitative estimate of drug-likeness (QED) is 0.658. The zero-order valence-corrected chi connectivity index (χ0v) is 9.46. The lowest BCUT2D eigenvalue weighted by Gasteiger charge is -2.06. The summed E-state index contributed by atoms with van der Waals surface area (Å²) in [6.07, 6.45) is 7.53. The molecule has 0 aromatic rings. The lowest BCUT2D eigenvalue weighted by molar-refractivity contribution is -0.121. The number of hydrogen-bond acceptors (Lipinski definition) is 2. The molecule has 0 saturated carbocycles. The number of aliphatic hydroxyl groups is 1. The van der Waals surface area contributed by atoms with Crippen molar-refractivity contribution in [2.45, 2.75) is 51.6 Å². The van der Waals surface area contributed by atoms with Gasteiger partial charge >= 0.3 is 0 Å². The van der Waals surface area contributed by atoms with Crippen molar-refractivity contribution in [1.82, 2.24) is 5.32 Å². The summed E-state index contributed by atoms with van der Waals surface area (Å²) in [7, 11) is 0. The zero-order valence-electron chi connectivity index (χ0n) is 9.46. The average Bonchev–Trinajstić information content (AvgIpc) is 2.67. The van der Waals surface area contributed by atoms with Crippen LogP contribution in [0, 0.1) is 0 Å². The third kappa shape index (κ3) is 5.57. The van der Waals surface area contributed by atoms with Gasteiger partial charge in [-0.3, -0.25) is 4.79 Å². The molecule has 0 fully saturated rings. The highest BCUT2D eigenvalue weighted by Crippen LogP contribution is 2.19. The predicted octanol–water partition coefficient (Wildman–Crippen LogP) is 1.76. The third-order valence-electron chi connectivity index (χ3n) is 2.69. The molecule has 0 radical (unpaired) electrons. The molecule has 1 unspecified atom stereocenters. The van der Waals surface area contributed by atoms with Crippen LogP contribution in [0.2, 0.25) is 0 Å². The molecule has 0 spiro atoms. The number of nitrogens with one attached hydrogen (secondary N) is 1. The van der Waals surface area contributed by atoms with Crippen LogP contribution >= 0.6 is 0 Å². The van der Waals surface area contributed by atoms with Crippen molar-refractivity contribution in [3.8, 4) is 0 Å². The van der Waals surface area contributed by atoms with E-state index in [1.165, 1.54) is 24.8 Å². The average molecular weight is 211 g/mol. The van der Waals surface area contributed by atoms with Crippen LogP contribution in [0.5, 0.6) is 0 Å². The maximum absolute atomic E-state index is 11.3. The van der Waals surface area contributed by atoms with Gasteiger partial charge in [-0.25, -0.2) is 0 Å². The van der Waals surface area contributed by atoms with Gasteiger partial charge in [0.15, 0.2) is 0 Å². The first-order valence-electron chi connectivity index (χ1n) is 5.81. The Bertz CT molecular complexity index is 234. The van der Waals surface area contributed by atoms with Crippen LogP contribution in [0.25, 0.3) is 0 Å². The molecule has 3 nitrogen and oxygen atoms in total. The number of amides is 1. The van der Waals surface area contributed by atoms with Crippen LogP contribution in [0.4, 0.5) is 0 Å². The highest BCUT2D eigenvalue weighted by atomic mass is 16.3. The van der Waals surface area contributed by atoms with Gasteiger partial charge in [0, 0.05) is 13.0 Å². The van der Waals surface area contributed by atoms with E-state index in [1.54, 1.807) is 6.92 Å². The van der Waals surface area contributed by atoms with Crippen LogP contribution in [0.15, 0.2) is 11.6 Å². The zero-order chi connectivity index (χ0) is 11.1. The number of carbonyl (C=O) groups is 1. The van der Waals surface area contributed by atoms with Crippen molar-refractivity contribution >= 4 is 5.91 Å². The van der Waals surface area contributed by atoms with Gasteiger partial charge in [0.05, 0.1) is 6.10 Å². The van der Waals surface area contributed by atoms with E-state index in [0.717, 1.165) is 13.0 Å². The van der Waals surface area contributed by atoms with Crippen LogP contribution in [-0.4, -0.2) is 23.7 Å². The fourth-order valence-corrected chi connectivity index (χ4v) is 1.76. The molecule has 1 atom stereocenters. The molecule has 1 amide bonds. The summed E-state index contributed by atoms with van der Waals surface area (Å²) in [4.78, 5) is 11.3. The highest BCUT2D eigenvalue weighted by molar-refractivity contribution is 5.75. The van der Waals surface area contributed by atoms with Gasteiger partial charge in [0.25, 0.3) is 0 Å². The summed E-state index contributed by atoms with van der Waals surface area (Å²) in [6, 6.07) is 0. The Morgan fingerprint density at radius 3 is 3.07 bits per heavy atom. The van der Waals surface area contributed by atoms with Crippen molar-refractivity contribution in [2.24, 2.45) is 0 Å². The van der Waals surface area contributed by atoms with Gasteiger partial charge in [-0.2, -0.15) is 0 Å². The summed E-state index contributed by atoms with van der Waals surface area (Å²) < 4.78 is 0. The molecule has 0 aromatic carbocycles. The predicted molar refractivity (Wildman–Crippen MR) is 60.5 cm³/mol. The van der Waals surface area contributed by atoms with Crippen molar-refractivity contribution in [1.29, 1.82) is 0 Å². The summed E-state index contributed by atoms with van der Waals surface area (Å²) >= 11 is 0. The van der Waals surface area contributed by atoms with Crippen molar-refractivity contribution < 1.29 is 9.90 Å². The summed E-state index contributed by atoms with van der Waals surface area (Å²) in [5, 5.41) is 11.9. The second-order valence-corrected chi connectivity index (χ2v) is 4.24. The van der Waals surface area contributed by atoms with E-state index in [-0.39, 0.29) is 12.0 Å². The largest absolute Gasteiger partial charge is 0.393 e. The van der Waals surface area contributed by atoms with E-state index in [0.29, 0.717) is 12.8 Å². The molecule has 0 aliphatic heterocycles. The van der Waals surface area contributed by atoms with Gasteiger partial charge in [0.1, 0.15) is 0 Å². The summed E-state index contributed by atoms with van der Waals surface area (Å²) in [6.45, 7) is 2.45. The van der Waals surface area contributed by atoms with Crippen LogP contribution in [0.1, 0.15) is 45.4 Å². The first-order valence-corrected chi connectivity index (χ1v) is 5.81. The fraction of sp³-hybridized carbons (Fsp3) is 0.750. The van der Waals surface area contributed by atoms with E-state index in [1.807, 2.05) is 0 Å². The van der Waals surface area contributed by atoms with Crippen LogP contribution in [-0.2, 0) is 4.79 Å². The van der Waals surface area contributed by atoms with Crippen molar-refractivity contribution in [3.63, 3.8) is 0 Å². The number of rotatable bonds is 6. The smallest absolute Gasteiger partial charge is 0.220 e. The van der Waals surface area contributed by atoms with Gasteiger partial charge in [-0.05, 0) is 39.0 Å². The third-order valence-corrected chi connectivity index (χ3v) is 2.69.